The van der Waals surface area contributed by atoms with Crippen LogP contribution in [0.3, 0.4) is 0 Å². The van der Waals surface area contributed by atoms with Crippen LogP contribution in [0.5, 0.6) is 0 Å². The van der Waals surface area contributed by atoms with Gasteiger partial charge in [-0.05, 0) is 43.2 Å². The maximum absolute atomic E-state index is 4.44. The summed E-state index contributed by atoms with van der Waals surface area (Å²) in [5.74, 6) is 1.13. The maximum atomic E-state index is 4.44. The molecule has 0 saturated heterocycles. The maximum Gasteiger partial charge on any atom is 0.296 e. The van der Waals surface area contributed by atoms with E-state index in [2.05, 4.69) is 114 Å². The van der Waals surface area contributed by atoms with E-state index in [9.17, 15) is 0 Å². The van der Waals surface area contributed by atoms with Crippen LogP contribution in [0.25, 0.3) is 39.2 Å². The summed E-state index contributed by atoms with van der Waals surface area (Å²) in [6, 6.07) is 27.8. The Morgan fingerprint density at radius 3 is 2.30 bits per heavy atom. The summed E-state index contributed by atoms with van der Waals surface area (Å²) < 4.78 is 4.69. The minimum atomic E-state index is 1.13. The van der Waals surface area contributed by atoms with E-state index < -0.39 is 0 Å². The number of nitrogens with zero attached hydrogens (tertiary/aromatic N) is 3. The SMILES string of the molecule is Cc1ccncc1-c1n(-c2ccccc2-c2ccccc2)c2cccc(C)c2[n+]1C. The Morgan fingerprint density at radius 2 is 1.50 bits per heavy atom. The number of rotatable bonds is 3. The molecule has 146 valence electrons. The Kier molecular flexibility index (Phi) is 4.44. The minimum Gasteiger partial charge on any atom is -0.264 e. The van der Waals surface area contributed by atoms with Crippen molar-refractivity contribution >= 4 is 11.0 Å². The zero-order valence-corrected chi connectivity index (χ0v) is 17.5. The van der Waals surface area contributed by atoms with Gasteiger partial charge < -0.3 is 0 Å². The van der Waals surface area contributed by atoms with Gasteiger partial charge in [0.05, 0.1) is 12.6 Å². The third kappa shape index (κ3) is 2.82. The van der Waals surface area contributed by atoms with Gasteiger partial charge in [0.25, 0.3) is 5.82 Å². The molecular formula is C27H24N3+. The summed E-state index contributed by atoms with van der Waals surface area (Å²) in [6.07, 6.45) is 3.83. The molecule has 2 heterocycles. The highest BCUT2D eigenvalue weighted by Gasteiger charge is 2.29. The summed E-state index contributed by atoms with van der Waals surface area (Å²) in [5.41, 5.74) is 9.61. The Hall–Kier alpha value is -3.72. The summed E-state index contributed by atoms with van der Waals surface area (Å²) in [5, 5.41) is 0. The van der Waals surface area contributed by atoms with Gasteiger partial charge in [-0.1, -0.05) is 60.7 Å². The lowest BCUT2D eigenvalue weighted by Gasteiger charge is -2.10. The first-order valence-electron chi connectivity index (χ1n) is 10.2. The molecule has 0 amide bonds. The number of aromatic nitrogens is 3. The molecule has 0 aliphatic heterocycles. The second-order valence-electron chi connectivity index (χ2n) is 7.73. The zero-order chi connectivity index (χ0) is 20.7. The molecule has 0 atom stereocenters. The highest BCUT2D eigenvalue weighted by atomic mass is 15.2. The third-order valence-corrected chi connectivity index (χ3v) is 5.83. The molecule has 3 aromatic carbocycles. The van der Waals surface area contributed by atoms with Crippen LogP contribution in [0.1, 0.15) is 11.1 Å². The Labute approximate surface area is 176 Å². The normalized spacial score (nSPS) is 11.2. The number of imidazole rings is 1. The average molecular weight is 391 g/mol. The van der Waals surface area contributed by atoms with Gasteiger partial charge in [-0.3, -0.25) is 4.98 Å². The van der Waals surface area contributed by atoms with Gasteiger partial charge in [0.2, 0.25) is 0 Å². The van der Waals surface area contributed by atoms with Crippen LogP contribution in [-0.2, 0) is 7.05 Å². The Morgan fingerprint density at radius 1 is 0.733 bits per heavy atom. The fourth-order valence-electron chi connectivity index (χ4n) is 4.40. The summed E-state index contributed by atoms with van der Waals surface area (Å²) in [7, 11) is 2.15. The number of hydrogen-bond donors (Lipinski definition) is 0. The smallest absolute Gasteiger partial charge is 0.264 e. The molecule has 0 unspecified atom stereocenters. The quantitative estimate of drug-likeness (QED) is 0.357. The molecule has 0 radical (unpaired) electrons. The van der Waals surface area contributed by atoms with Crippen LogP contribution < -0.4 is 4.57 Å². The van der Waals surface area contributed by atoms with E-state index in [1.807, 2.05) is 12.4 Å². The topological polar surface area (TPSA) is 21.7 Å². The number of pyridine rings is 1. The van der Waals surface area contributed by atoms with Crippen LogP contribution in [0, 0.1) is 13.8 Å². The van der Waals surface area contributed by atoms with Crippen molar-refractivity contribution in [3.63, 3.8) is 0 Å². The second-order valence-corrected chi connectivity index (χ2v) is 7.73. The lowest BCUT2D eigenvalue weighted by Crippen LogP contribution is -2.31. The lowest BCUT2D eigenvalue weighted by atomic mass is 10.0. The molecule has 30 heavy (non-hydrogen) atoms. The van der Waals surface area contributed by atoms with Gasteiger partial charge in [0.1, 0.15) is 5.69 Å². The second kappa shape index (κ2) is 7.27. The van der Waals surface area contributed by atoms with E-state index in [1.165, 1.54) is 33.3 Å². The minimum absolute atomic E-state index is 1.13. The zero-order valence-electron chi connectivity index (χ0n) is 17.5. The molecule has 5 aromatic rings. The highest BCUT2D eigenvalue weighted by molar-refractivity contribution is 5.85. The summed E-state index contributed by atoms with van der Waals surface area (Å²) in [4.78, 5) is 4.44. The predicted octanol–water partition coefficient (Wildman–Crippen LogP) is 5.80. The van der Waals surface area contributed by atoms with Gasteiger partial charge in [-0.2, -0.15) is 4.57 Å². The van der Waals surface area contributed by atoms with Gasteiger partial charge in [-0.25, -0.2) is 4.57 Å². The van der Waals surface area contributed by atoms with Crippen molar-refractivity contribution in [3.05, 3.63) is 102 Å². The molecule has 0 aliphatic carbocycles. The Bertz CT molecular complexity index is 1360. The monoisotopic (exact) mass is 390 g/mol. The molecule has 0 spiro atoms. The predicted molar refractivity (Wildman–Crippen MR) is 123 cm³/mol. The molecule has 2 aromatic heterocycles. The Balaban J connectivity index is 1.94. The number of fused-ring (bicyclic) bond motifs is 1. The first-order chi connectivity index (χ1) is 14.7. The van der Waals surface area contributed by atoms with Crippen molar-refractivity contribution in [1.29, 1.82) is 0 Å². The lowest BCUT2D eigenvalue weighted by molar-refractivity contribution is -0.634. The van der Waals surface area contributed by atoms with E-state index in [4.69, 9.17) is 0 Å². The average Bonchev–Trinajstić information content (AvgIpc) is 3.08. The van der Waals surface area contributed by atoms with E-state index in [-0.39, 0.29) is 0 Å². The molecule has 0 N–H and O–H groups in total. The van der Waals surface area contributed by atoms with Crippen molar-refractivity contribution in [2.24, 2.45) is 7.05 Å². The summed E-state index contributed by atoms with van der Waals surface area (Å²) >= 11 is 0. The largest absolute Gasteiger partial charge is 0.296 e. The fourth-order valence-corrected chi connectivity index (χ4v) is 4.40. The molecule has 0 saturated carbocycles. The molecule has 0 fully saturated rings. The standard InChI is InChI=1S/C27H24N3/c1-19-16-17-28-18-23(19)27-29(3)26-20(2)10-9-15-25(26)30(27)24-14-8-7-13-22(24)21-11-5-4-6-12-21/h4-18H,1-3H3/q+1. The van der Waals surface area contributed by atoms with E-state index in [1.54, 1.807) is 0 Å². The van der Waals surface area contributed by atoms with E-state index in [0.29, 0.717) is 0 Å². The first kappa shape index (κ1) is 18.3. The first-order valence-corrected chi connectivity index (χ1v) is 10.2. The van der Waals surface area contributed by atoms with E-state index >= 15 is 0 Å². The van der Waals surface area contributed by atoms with Gasteiger partial charge in [-0.15, -0.1) is 0 Å². The number of aryl methyl sites for hydroxylation is 3. The number of benzene rings is 3. The van der Waals surface area contributed by atoms with Gasteiger partial charge in [0.15, 0.2) is 11.0 Å². The van der Waals surface area contributed by atoms with Crippen molar-refractivity contribution in [3.8, 4) is 28.2 Å². The molecule has 3 nitrogen and oxygen atoms in total. The molecule has 5 rings (SSSR count). The van der Waals surface area contributed by atoms with Crippen molar-refractivity contribution < 1.29 is 4.57 Å². The third-order valence-electron chi connectivity index (χ3n) is 5.83. The van der Waals surface area contributed by atoms with Crippen molar-refractivity contribution in [2.45, 2.75) is 13.8 Å². The van der Waals surface area contributed by atoms with Gasteiger partial charge >= 0.3 is 0 Å². The summed E-state index contributed by atoms with van der Waals surface area (Å²) in [6.45, 7) is 4.32. The van der Waals surface area contributed by atoms with E-state index in [0.717, 1.165) is 17.1 Å². The number of hydrogen-bond acceptors (Lipinski definition) is 1. The molecule has 0 aliphatic rings. The molecule has 3 heteroatoms. The van der Waals surface area contributed by atoms with Crippen LogP contribution in [0.2, 0.25) is 0 Å². The van der Waals surface area contributed by atoms with Crippen LogP contribution in [-0.4, -0.2) is 9.55 Å². The van der Waals surface area contributed by atoms with Crippen LogP contribution in [0.4, 0.5) is 0 Å². The molecule has 0 bridgehead atoms. The number of para-hydroxylation sites is 2. The molecular weight excluding hydrogens is 366 g/mol. The fraction of sp³-hybridized carbons (Fsp3) is 0.111. The highest BCUT2D eigenvalue weighted by Crippen LogP contribution is 2.34. The van der Waals surface area contributed by atoms with Crippen LogP contribution >= 0.6 is 0 Å². The van der Waals surface area contributed by atoms with Gasteiger partial charge in [0, 0.05) is 23.5 Å². The van der Waals surface area contributed by atoms with Crippen LogP contribution in [0.15, 0.2) is 91.3 Å². The van der Waals surface area contributed by atoms with Crippen molar-refractivity contribution in [1.82, 2.24) is 9.55 Å². The van der Waals surface area contributed by atoms with Crippen molar-refractivity contribution in [2.75, 3.05) is 0 Å².